The second-order valence-corrected chi connectivity index (χ2v) is 11.7. The van der Waals surface area contributed by atoms with Gasteiger partial charge in [-0.25, -0.2) is 0 Å². The van der Waals surface area contributed by atoms with Crippen LogP contribution in [0.4, 0.5) is 0 Å². The molecule has 4 aliphatic carbocycles. The van der Waals surface area contributed by atoms with E-state index in [0.29, 0.717) is 36.0 Å². The lowest BCUT2D eigenvalue weighted by Gasteiger charge is -2.63. The van der Waals surface area contributed by atoms with Crippen molar-refractivity contribution in [1.29, 1.82) is 0 Å². The van der Waals surface area contributed by atoms with Crippen LogP contribution in [-0.4, -0.2) is 41.5 Å². The summed E-state index contributed by atoms with van der Waals surface area (Å²) >= 11 is 0. The Kier molecular flexibility index (Phi) is 6.04. The number of aliphatic hydroxyl groups is 2. The Hall–Kier alpha value is -0.650. The van der Waals surface area contributed by atoms with E-state index in [1.54, 1.807) is 0 Å². The van der Waals surface area contributed by atoms with Crippen LogP contribution in [0.25, 0.3) is 0 Å². The molecule has 0 spiro atoms. The molecule has 5 heteroatoms. The minimum absolute atomic E-state index is 0.150. The highest BCUT2D eigenvalue weighted by Gasteiger charge is 2.65. The summed E-state index contributed by atoms with van der Waals surface area (Å²) in [6.07, 6.45) is 7.69. The molecule has 4 rings (SSSR count). The van der Waals surface area contributed by atoms with Gasteiger partial charge in [0.2, 0.25) is 0 Å². The maximum Gasteiger partial charge on any atom is 0.305 e. The summed E-state index contributed by atoms with van der Waals surface area (Å²) < 4.78 is 4.84. The first-order chi connectivity index (χ1) is 14.1. The number of hydrogen-bond donors (Lipinski definition) is 3. The molecule has 11 atom stereocenters. The van der Waals surface area contributed by atoms with E-state index in [0.717, 1.165) is 51.4 Å². The summed E-state index contributed by atoms with van der Waals surface area (Å²) in [4.78, 5) is 11.7. The standard InChI is InChI=1S/C25H43NO4/c1-14(5-8-22(29)30-4)17-6-7-18-23-19(13-21(28)25(17,18)3)24(2)10-9-16(26)11-15(24)12-20(23)27/h14-21,23,27-28H,5-13,26H2,1-4H3/t14?,15-,16+,17+,18?,19?,20+,21-,23?,24-,25+/m0/s1. The molecule has 0 amide bonds. The number of aliphatic hydroxyl groups excluding tert-OH is 2. The fraction of sp³-hybridized carbons (Fsp3) is 0.960. The second-order valence-electron chi connectivity index (χ2n) is 11.7. The molecule has 0 aromatic rings. The predicted octanol–water partition coefficient (Wildman–Crippen LogP) is 3.50. The van der Waals surface area contributed by atoms with Gasteiger partial charge in [-0.15, -0.1) is 0 Å². The first-order valence-electron chi connectivity index (χ1n) is 12.3. The van der Waals surface area contributed by atoms with Crippen molar-refractivity contribution in [2.24, 2.45) is 52.1 Å². The fourth-order valence-electron chi connectivity index (χ4n) is 8.84. The molecule has 0 radical (unpaired) electrons. The van der Waals surface area contributed by atoms with Crippen LogP contribution in [0, 0.1) is 46.3 Å². The van der Waals surface area contributed by atoms with Gasteiger partial charge in [-0.2, -0.15) is 0 Å². The Morgan fingerprint density at radius 2 is 1.87 bits per heavy atom. The molecule has 4 unspecified atom stereocenters. The van der Waals surface area contributed by atoms with Crippen molar-refractivity contribution in [3.8, 4) is 0 Å². The number of ether oxygens (including phenoxy) is 1. The zero-order valence-electron chi connectivity index (χ0n) is 19.3. The Labute approximate surface area is 182 Å². The van der Waals surface area contributed by atoms with Gasteiger partial charge in [-0.1, -0.05) is 20.8 Å². The van der Waals surface area contributed by atoms with Crippen LogP contribution in [0.3, 0.4) is 0 Å². The number of esters is 1. The van der Waals surface area contributed by atoms with E-state index in [1.165, 1.54) is 7.11 Å². The van der Waals surface area contributed by atoms with Crippen molar-refractivity contribution in [3.05, 3.63) is 0 Å². The molecule has 4 aliphatic rings. The van der Waals surface area contributed by atoms with Crippen LogP contribution in [-0.2, 0) is 9.53 Å². The molecular weight excluding hydrogens is 378 g/mol. The molecular formula is C25H43NO4. The van der Waals surface area contributed by atoms with E-state index >= 15 is 0 Å². The maximum atomic E-state index is 11.7. The molecule has 0 saturated heterocycles. The van der Waals surface area contributed by atoms with E-state index < -0.39 is 0 Å². The number of carbonyl (C=O) groups is 1. The van der Waals surface area contributed by atoms with Gasteiger partial charge < -0.3 is 20.7 Å². The number of methoxy groups -OCH3 is 1. The number of carbonyl (C=O) groups excluding carboxylic acids is 1. The number of hydrogen-bond acceptors (Lipinski definition) is 5. The summed E-state index contributed by atoms with van der Waals surface area (Å²) in [6, 6.07) is 0.261. The van der Waals surface area contributed by atoms with E-state index in [9.17, 15) is 15.0 Å². The van der Waals surface area contributed by atoms with Crippen molar-refractivity contribution < 1.29 is 19.7 Å². The van der Waals surface area contributed by atoms with Crippen LogP contribution in [0.2, 0.25) is 0 Å². The van der Waals surface area contributed by atoms with Gasteiger partial charge in [0.1, 0.15) is 0 Å². The van der Waals surface area contributed by atoms with E-state index in [4.69, 9.17) is 10.5 Å². The SMILES string of the molecule is COC(=O)CCC(C)[C@H]1CCC2C3C(C[C@H](O)[C@@]21C)[C@@]1(C)CC[C@@H](N)C[C@H]1C[C@H]3O. The Balaban J connectivity index is 1.58. The number of fused-ring (bicyclic) bond motifs is 5. The molecule has 0 aliphatic heterocycles. The highest BCUT2D eigenvalue weighted by atomic mass is 16.5. The smallest absolute Gasteiger partial charge is 0.305 e. The third-order valence-electron chi connectivity index (χ3n) is 10.6. The van der Waals surface area contributed by atoms with Crippen LogP contribution in [0.5, 0.6) is 0 Å². The molecule has 0 heterocycles. The Bertz CT molecular complexity index is 655. The van der Waals surface area contributed by atoms with Crippen LogP contribution < -0.4 is 5.73 Å². The Morgan fingerprint density at radius 3 is 2.57 bits per heavy atom. The summed E-state index contributed by atoms with van der Waals surface area (Å²) in [7, 11) is 1.45. The summed E-state index contributed by atoms with van der Waals surface area (Å²) in [6.45, 7) is 6.94. The fourth-order valence-corrected chi connectivity index (χ4v) is 8.84. The molecule has 4 saturated carbocycles. The van der Waals surface area contributed by atoms with Gasteiger partial charge in [-0.3, -0.25) is 4.79 Å². The molecule has 4 N–H and O–H groups in total. The average Bonchev–Trinajstić information content (AvgIpc) is 3.06. The van der Waals surface area contributed by atoms with Gasteiger partial charge in [-0.05, 0) is 97.7 Å². The third-order valence-corrected chi connectivity index (χ3v) is 10.6. The van der Waals surface area contributed by atoms with E-state index in [1.807, 2.05) is 0 Å². The minimum atomic E-state index is -0.338. The summed E-state index contributed by atoms with van der Waals surface area (Å²) in [5, 5.41) is 22.9. The minimum Gasteiger partial charge on any atom is -0.469 e. The first kappa shape index (κ1) is 22.5. The average molecular weight is 422 g/mol. The monoisotopic (exact) mass is 421 g/mol. The van der Waals surface area contributed by atoms with E-state index in [-0.39, 0.29) is 41.0 Å². The molecule has 172 valence electrons. The largest absolute Gasteiger partial charge is 0.469 e. The summed E-state index contributed by atoms with van der Waals surface area (Å²) in [5.74, 6) is 2.11. The van der Waals surface area contributed by atoms with Gasteiger partial charge in [0.05, 0.1) is 19.3 Å². The molecule has 4 fully saturated rings. The van der Waals surface area contributed by atoms with Crippen molar-refractivity contribution in [2.45, 2.75) is 96.8 Å². The van der Waals surface area contributed by atoms with Gasteiger partial charge in [0.25, 0.3) is 0 Å². The lowest BCUT2D eigenvalue weighted by Crippen LogP contribution is -2.62. The molecule has 0 aromatic carbocycles. The van der Waals surface area contributed by atoms with Gasteiger partial charge in [0.15, 0.2) is 0 Å². The van der Waals surface area contributed by atoms with Crippen LogP contribution in [0.15, 0.2) is 0 Å². The lowest BCUT2D eigenvalue weighted by molar-refractivity contribution is -0.202. The molecule has 0 aromatic heterocycles. The van der Waals surface area contributed by atoms with E-state index in [2.05, 4.69) is 20.8 Å². The van der Waals surface area contributed by atoms with Crippen LogP contribution >= 0.6 is 0 Å². The molecule has 0 bridgehead atoms. The van der Waals surface area contributed by atoms with Crippen molar-refractivity contribution >= 4 is 5.97 Å². The molecule has 5 nitrogen and oxygen atoms in total. The number of nitrogens with two attached hydrogens (primary N) is 1. The first-order valence-corrected chi connectivity index (χ1v) is 12.3. The Morgan fingerprint density at radius 1 is 1.13 bits per heavy atom. The maximum absolute atomic E-state index is 11.7. The third kappa shape index (κ3) is 3.34. The highest BCUT2D eigenvalue weighted by Crippen LogP contribution is 2.68. The van der Waals surface area contributed by atoms with Crippen LogP contribution in [0.1, 0.15) is 78.6 Å². The normalized spacial score (nSPS) is 51.4. The van der Waals surface area contributed by atoms with Gasteiger partial charge >= 0.3 is 5.97 Å². The predicted molar refractivity (Wildman–Crippen MR) is 116 cm³/mol. The van der Waals surface area contributed by atoms with Crippen molar-refractivity contribution in [1.82, 2.24) is 0 Å². The zero-order valence-corrected chi connectivity index (χ0v) is 19.3. The topological polar surface area (TPSA) is 92.8 Å². The molecule has 30 heavy (non-hydrogen) atoms. The van der Waals surface area contributed by atoms with Crippen molar-refractivity contribution in [2.75, 3.05) is 7.11 Å². The van der Waals surface area contributed by atoms with Gasteiger partial charge in [0, 0.05) is 12.5 Å². The summed E-state index contributed by atoms with van der Waals surface area (Å²) in [5.41, 5.74) is 6.31. The highest BCUT2D eigenvalue weighted by molar-refractivity contribution is 5.69. The lowest BCUT2D eigenvalue weighted by atomic mass is 9.43. The van der Waals surface area contributed by atoms with Crippen molar-refractivity contribution in [3.63, 3.8) is 0 Å². The second kappa shape index (κ2) is 8.04. The number of rotatable bonds is 4. The quantitative estimate of drug-likeness (QED) is 0.604. The zero-order chi connectivity index (χ0) is 21.8.